The molecule has 96 valence electrons. The highest BCUT2D eigenvalue weighted by Gasteiger charge is 1.99. The molecule has 1 aromatic carbocycles. The molecule has 0 aromatic heterocycles. The van der Waals surface area contributed by atoms with E-state index in [0.29, 0.717) is 0 Å². The molecule has 1 aromatic rings. The minimum atomic E-state index is 1.07. The van der Waals surface area contributed by atoms with Gasteiger partial charge in [0, 0.05) is 0 Å². The Morgan fingerprint density at radius 1 is 0.842 bits per heavy atom. The van der Waals surface area contributed by atoms with E-state index in [0.717, 1.165) is 22.3 Å². The Balaban J connectivity index is 3.11. The van der Waals surface area contributed by atoms with Crippen LogP contribution < -0.4 is 0 Å². The zero-order valence-electron chi connectivity index (χ0n) is 11.5. The van der Waals surface area contributed by atoms with Crippen molar-refractivity contribution in [1.82, 2.24) is 0 Å². The van der Waals surface area contributed by atoms with Gasteiger partial charge in [-0.2, -0.15) is 0 Å². The lowest BCUT2D eigenvalue weighted by Gasteiger charge is -2.05. The first kappa shape index (κ1) is 14.7. The summed E-state index contributed by atoms with van der Waals surface area (Å²) in [7, 11) is 0. The minimum absolute atomic E-state index is 1.07. The standard InChI is InChI=1S/C19H20/c1-5-9-11-17(8-4)19-14-12-18(13-15-19)16(7-3)10-6-2/h5-15H,2-4H2,1H3/b9-5-,16-10+,17-11+. The van der Waals surface area contributed by atoms with E-state index in [1.807, 2.05) is 37.3 Å². The van der Waals surface area contributed by atoms with Crippen LogP contribution in [0.4, 0.5) is 0 Å². The van der Waals surface area contributed by atoms with Crippen molar-refractivity contribution in [1.29, 1.82) is 0 Å². The van der Waals surface area contributed by atoms with Gasteiger partial charge >= 0.3 is 0 Å². The Hall–Kier alpha value is -2.34. The number of rotatable bonds is 6. The molecule has 1 rings (SSSR count). The van der Waals surface area contributed by atoms with Crippen LogP contribution in [0.1, 0.15) is 18.1 Å². The fourth-order valence-corrected chi connectivity index (χ4v) is 1.75. The summed E-state index contributed by atoms with van der Waals surface area (Å²) >= 11 is 0. The molecule has 0 aliphatic rings. The van der Waals surface area contributed by atoms with Crippen molar-refractivity contribution in [2.24, 2.45) is 0 Å². The fraction of sp³-hybridized carbons (Fsp3) is 0.0526. The van der Waals surface area contributed by atoms with Gasteiger partial charge in [-0.3, -0.25) is 0 Å². The predicted octanol–water partition coefficient (Wildman–Crippen LogP) is 5.59. The molecule has 0 atom stereocenters. The lowest BCUT2D eigenvalue weighted by Crippen LogP contribution is -1.84. The Morgan fingerprint density at radius 2 is 1.32 bits per heavy atom. The second kappa shape index (κ2) is 7.88. The van der Waals surface area contributed by atoms with Gasteiger partial charge < -0.3 is 0 Å². The van der Waals surface area contributed by atoms with Gasteiger partial charge in [-0.15, -0.1) is 0 Å². The number of hydrogen-bond donors (Lipinski definition) is 0. The molecule has 0 fully saturated rings. The third kappa shape index (κ3) is 4.11. The first-order chi connectivity index (χ1) is 9.26. The van der Waals surface area contributed by atoms with E-state index < -0.39 is 0 Å². The Bertz CT molecular complexity index is 534. The molecular weight excluding hydrogens is 228 g/mol. The van der Waals surface area contributed by atoms with Crippen molar-refractivity contribution in [2.45, 2.75) is 6.92 Å². The van der Waals surface area contributed by atoms with Crippen LogP contribution in [0.15, 0.2) is 86.5 Å². The molecule has 0 spiro atoms. The van der Waals surface area contributed by atoms with Crippen LogP contribution in [0, 0.1) is 0 Å². The van der Waals surface area contributed by atoms with Gasteiger partial charge in [0.05, 0.1) is 0 Å². The molecule has 0 saturated carbocycles. The molecule has 0 heterocycles. The summed E-state index contributed by atoms with van der Waals surface area (Å²) < 4.78 is 0. The summed E-state index contributed by atoms with van der Waals surface area (Å²) in [5, 5.41) is 0. The van der Waals surface area contributed by atoms with Gasteiger partial charge in [0.1, 0.15) is 0 Å². The molecular formula is C19H20. The van der Waals surface area contributed by atoms with E-state index in [9.17, 15) is 0 Å². The highest BCUT2D eigenvalue weighted by Crippen LogP contribution is 2.21. The minimum Gasteiger partial charge on any atom is -0.0990 e. The van der Waals surface area contributed by atoms with Gasteiger partial charge in [-0.25, -0.2) is 0 Å². The normalized spacial score (nSPS) is 12.5. The Morgan fingerprint density at radius 3 is 1.68 bits per heavy atom. The molecule has 0 N–H and O–H groups in total. The number of allylic oxidation sites excluding steroid dienone is 9. The Kier molecular flexibility index (Phi) is 6.11. The van der Waals surface area contributed by atoms with E-state index in [4.69, 9.17) is 0 Å². The molecule has 0 bridgehead atoms. The van der Waals surface area contributed by atoms with Crippen LogP contribution in [0.3, 0.4) is 0 Å². The monoisotopic (exact) mass is 248 g/mol. The smallest absolute Gasteiger partial charge is 0.0184 e. The Labute approximate surface area is 116 Å². The third-order valence-electron chi connectivity index (χ3n) is 2.76. The summed E-state index contributed by atoms with van der Waals surface area (Å²) in [6, 6.07) is 8.35. The van der Waals surface area contributed by atoms with E-state index in [1.165, 1.54) is 0 Å². The summed E-state index contributed by atoms with van der Waals surface area (Å²) in [5.41, 5.74) is 4.46. The molecule has 0 amide bonds. The van der Waals surface area contributed by atoms with Gasteiger partial charge in [-0.05, 0) is 29.2 Å². The van der Waals surface area contributed by atoms with Gasteiger partial charge in [0.25, 0.3) is 0 Å². The first-order valence-corrected chi connectivity index (χ1v) is 6.28. The second-order valence-corrected chi connectivity index (χ2v) is 3.99. The zero-order valence-corrected chi connectivity index (χ0v) is 11.5. The fourth-order valence-electron chi connectivity index (χ4n) is 1.75. The van der Waals surface area contributed by atoms with Crippen molar-refractivity contribution in [3.05, 3.63) is 97.7 Å². The predicted molar refractivity (Wildman–Crippen MR) is 87.8 cm³/mol. The van der Waals surface area contributed by atoms with E-state index in [1.54, 1.807) is 6.08 Å². The van der Waals surface area contributed by atoms with Gasteiger partial charge in [0.2, 0.25) is 0 Å². The van der Waals surface area contributed by atoms with E-state index in [-0.39, 0.29) is 0 Å². The molecule has 0 nitrogen and oxygen atoms in total. The topological polar surface area (TPSA) is 0 Å². The molecule has 19 heavy (non-hydrogen) atoms. The summed E-state index contributed by atoms with van der Waals surface area (Å²) in [6.07, 6.45) is 13.5. The van der Waals surface area contributed by atoms with Crippen molar-refractivity contribution >= 4 is 11.1 Å². The molecule has 0 aliphatic carbocycles. The lowest BCUT2D eigenvalue weighted by molar-refractivity contribution is 1.57. The maximum atomic E-state index is 3.85. The molecule has 0 saturated heterocycles. The molecule has 0 unspecified atom stereocenters. The third-order valence-corrected chi connectivity index (χ3v) is 2.76. The van der Waals surface area contributed by atoms with Crippen LogP contribution in [-0.2, 0) is 0 Å². The van der Waals surface area contributed by atoms with Crippen molar-refractivity contribution in [3.63, 3.8) is 0 Å². The average Bonchev–Trinajstić information content (AvgIpc) is 2.46. The van der Waals surface area contributed by atoms with Crippen molar-refractivity contribution in [2.75, 3.05) is 0 Å². The highest BCUT2D eigenvalue weighted by molar-refractivity contribution is 5.78. The van der Waals surface area contributed by atoms with Gasteiger partial charge in [-0.1, -0.05) is 86.5 Å². The van der Waals surface area contributed by atoms with Crippen LogP contribution >= 0.6 is 0 Å². The number of benzene rings is 1. The second-order valence-electron chi connectivity index (χ2n) is 3.99. The van der Waals surface area contributed by atoms with E-state index in [2.05, 4.69) is 50.1 Å². The van der Waals surface area contributed by atoms with Crippen LogP contribution in [0.25, 0.3) is 11.1 Å². The van der Waals surface area contributed by atoms with Crippen molar-refractivity contribution in [3.8, 4) is 0 Å². The van der Waals surface area contributed by atoms with Crippen molar-refractivity contribution < 1.29 is 0 Å². The highest BCUT2D eigenvalue weighted by atomic mass is 14.0. The maximum Gasteiger partial charge on any atom is -0.0184 e. The molecule has 0 radical (unpaired) electrons. The largest absolute Gasteiger partial charge is 0.0990 e. The molecule has 0 heteroatoms. The summed E-state index contributed by atoms with van der Waals surface area (Å²) in [5.74, 6) is 0. The summed E-state index contributed by atoms with van der Waals surface area (Å²) in [6.45, 7) is 13.4. The maximum absolute atomic E-state index is 3.85. The first-order valence-electron chi connectivity index (χ1n) is 6.28. The SMILES string of the molecule is C=C/C=C(\C=C)c1ccc(/C(C=C)=C/C=C\C)cc1. The molecule has 0 aliphatic heterocycles. The average molecular weight is 248 g/mol. The lowest BCUT2D eigenvalue weighted by atomic mass is 10.00. The van der Waals surface area contributed by atoms with Gasteiger partial charge in [0.15, 0.2) is 0 Å². The zero-order chi connectivity index (χ0) is 14.1. The summed E-state index contributed by atoms with van der Waals surface area (Å²) in [4.78, 5) is 0. The van der Waals surface area contributed by atoms with Crippen LogP contribution in [-0.4, -0.2) is 0 Å². The number of hydrogen-bond acceptors (Lipinski definition) is 0. The quantitative estimate of drug-likeness (QED) is 0.576. The van der Waals surface area contributed by atoms with Crippen LogP contribution in [0.5, 0.6) is 0 Å². The van der Waals surface area contributed by atoms with E-state index >= 15 is 0 Å². The van der Waals surface area contributed by atoms with Crippen LogP contribution in [0.2, 0.25) is 0 Å².